The molecule has 0 aliphatic heterocycles. The van der Waals surface area contributed by atoms with E-state index in [0.29, 0.717) is 23.6 Å². The van der Waals surface area contributed by atoms with Gasteiger partial charge in [0, 0.05) is 19.8 Å². The molecule has 1 amide bonds. The molecule has 27 heavy (non-hydrogen) atoms. The molecule has 0 aliphatic carbocycles. The lowest BCUT2D eigenvalue weighted by molar-refractivity contribution is -0.173. The lowest BCUT2D eigenvalue weighted by Crippen LogP contribution is -2.30. The van der Waals surface area contributed by atoms with Crippen LogP contribution in [0.5, 0.6) is 0 Å². The van der Waals surface area contributed by atoms with Crippen molar-refractivity contribution in [1.82, 2.24) is 0 Å². The van der Waals surface area contributed by atoms with Gasteiger partial charge in [-0.05, 0) is 51.3 Å². The maximum Gasteiger partial charge on any atom is 0.414 e. The number of benzene rings is 1. The first kappa shape index (κ1) is 23.5. The van der Waals surface area contributed by atoms with Gasteiger partial charge in [0.15, 0.2) is 7.37 Å². The van der Waals surface area contributed by atoms with E-state index < -0.39 is 31.1 Å². The topological polar surface area (TPSA) is 102 Å². The van der Waals surface area contributed by atoms with E-state index in [1.807, 2.05) is 0 Å². The Morgan fingerprint density at radius 2 is 1.93 bits per heavy atom. The number of nitrogens with one attached hydrogen (secondary N) is 1. The number of hydrogen-bond acceptors (Lipinski definition) is 5. The molecule has 1 rings (SSSR count). The van der Waals surface area contributed by atoms with Gasteiger partial charge in [-0.2, -0.15) is 0 Å². The first-order valence-electron chi connectivity index (χ1n) is 8.54. The van der Waals surface area contributed by atoms with Gasteiger partial charge in [-0.15, -0.1) is 0 Å². The molecule has 9 heteroatoms. The molecule has 0 spiro atoms. The zero-order chi connectivity index (χ0) is 20.8. The van der Waals surface area contributed by atoms with Gasteiger partial charge < -0.3 is 14.4 Å². The summed E-state index contributed by atoms with van der Waals surface area (Å²) in [6, 6.07) is 5.08. The van der Waals surface area contributed by atoms with Crippen molar-refractivity contribution in [3.05, 3.63) is 28.8 Å². The van der Waals surface area contributed by atoms with Gasteiger partial charge in [0.2, 0.25) is 6.29 Å². The molecule has 7 nitrogen and oxygen atoms in total. The van der Waals surface area contributed by atoms with E-state index in [2.05, 4.69) is 5.32 Å². The summed E-state index contributed by atoms with van der Waals surface area (Å²) in [4.78, 5) is 33.1. The van der Waals surface area contributed by atoms with Crippen LogP contribution in [0.2, 0.25) is 5.02 Å². The molecule has 2 atom stereocenters. The number of carbonyl (C=O) groups is 2. The number of halogens is 1. The lowest BCUT2D eigenvalue weighted by Gasteiger charge is -2.21. The van der Waals surface area contributed by atoms with Crippen molar-refractivity contribution >= 4 is 36.7 Å². The first-order valence-corrected chi connectivity index (χ1v) is 11.2. The van der Waals surface area contributed by atoms with E-state index in [4.69, 9.17) is 21.1 Å². The number of amides is 1. The summed E-state index contributed by atoms with van der Waals surface area (Å²) < 4.78 is 21.4. The lowest BCUT2D eigenvalue weighted by atomic mass is 9.97. The third kappa shape index (κ3) is 9.27. The normalized spacial score (nSPS) is 14.8. The molecule has 0 aliphatic rings. The minimum atomic E-state index is -3.04. The molecule has 0 saturated heterocycles. The van der Waals surface area contributed by atoms with Gasteiger partial charge in [0.1, 0.15) is 0 Å². The Balaban J connectivity index is 2.64. The molecular formula is C18H27ClNO6P. The fourth-order valence-corrected chi connectivity index (χ4v) is 2.95. The predicted molar refractivity (Wildman–Crippen MR) is 106 cm³/mol. The van der Waals surface area contributed by atoms with Crippen LogP contribution in [0.4, 0.5) is 10.5 Å². The fourth-order valence-electron chi connectivity index (χ4n) is 2.04. The monoisotopic (exact) mass is 419 g/mol. The number of anilines is 1. The Morgan fingerprint density at radius 3 is 2.48 bits per heavy atom. The van der Waals surface area contributed by atoms with Crippen LogP contribution in [0.1, 0.15) is 39.7 Å². The van der Waals surface area contributed by atoms with Crippen LogP contribution in [0, 0.1) is 5.41 Å². The van der Waals surface area contributed by atoms with E-state index in [9.17, 15) is 19.0 Å². The Morgan fingerprint density at radius 1 is 1.30 bits per heavy atom. The number of rotatable bonds is 7. The van der Waals surface area contributed by atoms with Crippen molar-refractivity contribution in [1.29, 1.82) is 0 Å². The summed E-state index contributed by atoms with van der Waals surface area (Å²) in [5.74, 6) is -0.486. The highest BCUT2D eigenvalue weighted by Crippen LogP contribution is 2.36. The van der Waals surface area contributed by atoms with Gasteiger partial charge in [-0.1, -0.05) is 17.7 Å². The smallest absolute Gasteiger partial charge is 0.414 e. The molecule has 0 saturated carbocycles. The van der Waals surface area contributed by atoms with Crippen LogP contribution < -0.4 is 5.32 Å². The van der Waals surface area contributed by atoms with Crippen molar-refractivity contribution in [3.8, 4) is 0 Å². The molecule has 0 radical (unpaired) electrons. The van der Waals surface area contributed by atoms with E-state index in [-0.39, 0.29) is 6.16 Å². The van der Waals surface area contributed by atoms with E-state index in [0.717, 1.165) is 5.56 Å². The van der Waals surface area contributed by atoms with Crippen LogP contribution in [0.25, 0.3) is 0 Å². The maximum absolute atomic E-state index is 12.0. The highest BCUT2D eigenvalue weighted by Gasteiger charge is 2.26. The molecule has 152 valence electrons. The second-order valence-corrected chi connectivity index (χ2v) is 10.4. The first-order chi connectivity index (χ1) is 12.3. The third-order valence-electron chi connectivity index (χ3n) is 3.46. The Kier molecular flexibility index (Phi) is 8.33. The van der Waals surface area contributed by atoms with Crippen molar-refractivity contribution in [2.75, 3.05) is 18.1 Å². The SMILES string of the molecule is CC(OC(=O)Nc1cc(CCCP(C)(=O)O)ccc1Cl)OC(=O)C(C)(C)C. The molecule has 1 aromatic carbocycles. The van der Waals surface area contributed by atoms with Crippen molar-refractivity contribution in [2.24, 2.45) is 5.41 Å². The molecule has 2 N–H and O–H groups in total. The van der Waals surface area contributed by atoms with Gasteiger partial charge >= 0.3 is 12.1 Å². The van der Waals surface area contributed by atoms with Gasteiger partial charge in [0.25, 0.3) is 0 Å². The predicted octanol–water partition coefficient (Wildman–Crippen LogP) is 4.66. The summed E-state index contributed by atoms with van der Waals surface area (Å²) in [5.41, 5.74) is 0.496. The number of ether oxygens (including phenoxy) is 2. The molecule has 0 fully saturated rings. The summed E-state index contributed by atoms with van der Waals surface area (Å²) in [6.07, 6.45) is -0.537. The highest BCUT2D eigenvalue weighted by atomic mass is 35.5. The zero-order valence-corrected chi connectivity index (χ0v) is 17.9. The molecular weight excluding hydrogens is 393 g/mol. The molecule has 0 aromatic heterocycles. The van der Waals surface area contributed by atoms with Crippen LogP contribution in [0.15, 0.2) is 18.2 Å². The second kappa shape index (κ2) is 9.58. The summed E-state index contributed by atoms with van der Waals surface area (Å²) >= 11 is 6.09. The quantitative estimate of drug-likeness (QED) is 0.378. The zero-order valence-electron chi connectivity index (χ0n) is 16.2. The Labute approximate surface area is 164 Å². The van der Waals surface area contributed by atoms with Crippen molar-refractivity contribution < 1.29 is 28.5 Å². The fraction of sp³-hybridized carbons (Fsp3) is 0.556. The average molecular weight is 420 g/mol. The van der Waals surface area contributed by atoms with E-state index >= 15 is 0 Å². The van der Waals surface area contributed by atoms with Gasteiger partial charge in [-0.25, -0.2) is 4.79 Å². The van der Waals surface area contributed by atoms with Crippen LogP contribution in [-0.4, -0.2) is 36.1 Å². The summed E-state index contributed by atoms with van der Waals surface area (Å²) in [7, 11) is -3.04. The van der Waals surface area contributed by atoms with E-state index in [1.165, 1.54) is 13.6 Å². The maximum atomic E-state index is 12.0. The molecule has 1 aromatic rings. The van der Waals surface area contributed by atoms with E-state index in [1.54, 1.807) is 39.0 Å². The Hall–Kier alpha value is -1.56. The number of hydrogen-bond donors (Lipinski definition) is 2. The third-order valence-corrected chi connectivity index (χ3v) is 4.94. The number of carbonyl (C=O) groups excluding carboxylic acids is 2. The molecule has 0 heterocycles. The minimum Gasteiger partial charge on any atom is -0.425 e. The van der Waals surface area contributed by atoms with Crippen molar-refractivity contribution in [2.45, 2.75) is 46.8 Å². The summed E-state index contributed by atoms with van der Waals surface area (Å²) in [5, 5.41) is 2.83. The average Bonchev–Trinajstić information content (AvgIpc) is 2.47. The minimum absolute atomic E-state index is 0.219. The van der Waals surface area contributed by atoms with Crippen molar-refractivity contribution in [3.63, 3.8) is 0 Å². The number of esters is 1. The number of aryl methyl sites for hydroxylation is 1. The molecule has 0 bridgehead atoms. The van der Waals surface area contributed by atoms with Gasteiger partial charge in [0.05, 0.1) is 16.1 Å². The Bertz CT molecular complexity index is 725. The van der Waals surface area contributed by atoms with Crippen LogP contribution in [0.3, 0.4) is 0 Å². The van der Waals surface area contributed by atoms with Crippen LogP contribution >= 0.6 is 19.0 Å². The molecule has 2 unspecified atom stereocenters. The summed E-state index contributed by atoms with van der Waals surface area (Å²) in [6.45, 7) is 7.86. The standard InChI is InChI=1S/C18H27ClNO6P/c1-12(25-16(21)18(2,3)4)26-17(22)20-15-11-13(8-9-14(15)19)7-6-10-27(5,23)24/h8-9,11-12H,6-7,10H2,1-5H3,(H,20,22)(H,23,24). The van der Waals surface area contributed by atoms with Crippen LogP contribution in [-0.2, 0) is 25.3 Å². The second-order valence-electron chi connectivity index (χ2n) is 7.45. The largest absolute Gasteiger partial charge is 0.425 e. The highest BCUT2D eigenvalue weighted by molar-refractivity contribution is 7.57. The van der Waals surface area contributed by atoms with Gasteiger partial charge in [-0.3, -0.25) is 14.7 Å².